The highest BCUT2D eigenvalue weighted by atomic mass is 16.3. The van der Waals surface area contributed by atoms with Crippen molar-refractivity contribution in [1.29, 1.82) is 0 Å². The molecule has 10 aromatic rings. The highest BCUT2D eigenvalue weighted by molar-refractivity contribution is 6.19. The minimum Gasteiger partial charge on any atom is -0.455 e. The lowest BCUT2D eigenvalue weighted by Gasteiger charge is -2.10. The van der Waals surface area contributed by atoms with Crippen LogP contribution in [-0.2, 0) is 0 Å². The zero-order valence-electron chi connectivity index (χ0n) is 27.5. The van der Waals surface area contributed by atoms with Gasteiger partial charge in [0.1, 0.15) is 11.2 Å². The maximum absolute atomic E-state index is 6.59. The molecule has 0 fully saturated rings. The number of furan rings is 1. The molecule has 0 bridgehead atoms. The smallest absolute Gasteiger partial charge is 0.164 e. The van der Waals surface area contributed by atoms with Gasteiger partial charge in [-0.15, -0.1) is 0 Å². The molecule has 238 valence electrons. The lowest BCUT2D eigenvalue weighted by molar-refractivity contribution is 0.672. The standard InChI is InChI=1S/C47H29N3O/c1-3-12-33(13-4-1)45-48-46(34-14-5-2-6-15-34)50-47(49-45)37-25-26-43-41(28-37)42-29-40(38-17-9-10-18-39(38)44(42)51-43)32-22-19-31(20-23-32)36-24-21-30-11-7-8-16-35(30)27-36/h1-29H. The molecule has 0 radical (unpaired) electrons. The Bertz CT molecular complexity index is 2840. The second-order valence-corrected chi connectivity index (χ2v) is 12.8. The van der Waals surface area contributed by atoms with Gasteiger partial charge in [-0.3, -0.25) is 0 Å². The number of benzene rings is 8. The van der Waals surface area contributed by atoms with Crippen molar-refractivity contribution in [3.8, 4) is 56.4 Å². The lowest BCUT2D eigenvalue weighted by Crippen LogP contribution is -2.00. The summed E-state index contributed by atoms with van der Waals surface area (Å²) in [7, 11) is 0. The van der Waals surface area contributed by atoms with E-state index in [4.69, 9.17) is 19.4 Å². The summed E-state index contributed by atoms with van der Waals surface area (Å²) in [5.74, 6) is 1.89. The molecule has 0 N–H and O–H groups in total. The third-order valence-electron chi connectivity index (χ3n) is 9.71. The van der Waals surface area contributed by atoms with Gasteiger partial charge >= 0.3 is 0 Å². The molecule has 4 nitrogen and oxygen atoms in total. The third kappa shape index (κ3) is 5.13. The Morgan fingerprint density at radius 2 is 0.863 bits per heavy atom. The molecule has 2 heterocycles. The predicted octanol–water partition coefficient (Wildman–Crippen LogP) is 12.4. The second kappa shape index (κ2) is 11.9. The normalized spacial score (nSPS) is 11.5. The molecule has 0 saturated carbocycles. The second-order valence-electron chi connectivity index (χ2n) is 12.8. The van der Waals surface area contributed by atoms with E-state index in [1.807, 2.05) is 72.8 Å². The zero-order chi connectivity index (χ0) is 33.7. The number of hydrogen-bond acceptors (Lipinski definition) is 4. The minimum absolute atomic E-state index is 0.615. The van der Waals surface area contributed by atoms with E-state index in [-0.39, 0.29) is 0 Å². The molecule has 0 saturated heterocycles. The van der Waals surface area contributed by atoms with Crippen LogP contribution in [0, 0.1) is 0 Å². The summed E-state index contributed by atoms with van der Waals surface area (Å²) >= 11 is 0. The van der Waals surface area contributed by atoms with Gasteiger partial charge in [0.05, 0.1) is 0 Å². The van der Waals surface area contributed by atoms with Crippen LogP contribution in [0.4, 0.5) is 0 Å². The van der Waals surface area contributed by atoms with Crippen LogP contribution in [0.25, 0.3) is 99.9 Å². The Morgan fingerprint density at radius 3 is 1.57 bits per heavy atom. The summed E-state index contributed by atoms with van der Waals surface area (Å²) in [5, 5.41) is 6.80. The van der Waals surface area contributed by atoms with Crippen molar-refractivity contribution >= 4 is 43.5 Å². The average molecular weight is 652 g/mol. The summed E-state index contributed by atoms with van der Waals surface area (Å²) in [6.45, 7) is 0. The summed E-state index contributed by atoms with van der Waals surface area (Å²) in [6, 6.07) is 61.2. The number of hydrogen-bond donors (Lipinski definition) is 0. The van der Waals surface area contributed by atoms with Crippen molar-refractivity contribution in [2.75, 3.05) is 0 Å². The van der Waals surface area contributed by atoms with Crippen LogP contribution < -0.4 is 0 Å². The van der Waals surface area contributed by atoms with Crippen molar-refractivity contribution in [1.82, 2.24) is 15.0 Å². The SMILES string of the molecule is c1ccc(-c2nc(-c3ccccc3)nc(-c3ccc4oc5c6ccccc6c(-c6ccc(-c7ccc8ccccc8c7)cc6)cc5c4c3)n2)cc1. The minimum atomic E-state index is 0.615. The molecule has 0 amide bonds. The van der Waals surface area contributed by atoms with Crippen molar-refractivity contribution in [2.24, 2.45) is 0 Å². The van der Waals surface area contributed by atoms with E-state index >= 15 is 0 Å². The van der Waals surface area contributed by atoms with Crippen LogP contribution in [0.2, 0.25) is 0 Å². The first-order valence-electron chi connectivity index (χ1n) is 17.1. The van der Waals surface area contributed by atoms with Gasteiger partial charge in [-0.1, -0.05) is 146 Å². The maximum Gasteiger partial charge on any atom is 0.164 e. The van der Waals surface area contributed by atoms with Crippen LogP contribution in [0.15, 0.2) is 180 Å². The number of aromatic nitrogens is 3. The molecule has 4 heteroatoms. The van der Waals surface area contributed by atoms with Gasteiger partial charge in [0.15, 0.2) is 17.5 Å². The molecule has 10 rings (SSSR count). The molecule has 0 spiro atoms. The van der Waals surface area contributed by atoms with Gasteiger partial charge in [-0.25, -0.2) is 15.0 Å². The van der Waals surface area contributed by atoms with Gasteiger partial charge in [-0.05, 0) is 68.7 Å². The van der Waals surface area contributed by atoms with E-state index in [2.05, 4.69) is 103 Å². The Labute approximate surface area is 294 Å². The quantitative estimate of drug-likeness (QED) is 0.186. The number of fused-ring (bicyclic) bond motifs is 6. The van der Waals surface area contributed by atoms with Crippen molar-refractivity contribution in [3.05, 3.63) is 176 Å². The first kappa shape index (κ1) is 29.0. The van der Waals surface area contributed by atoms with Crippen molar-refractivity contribution in [3.63, 3.8) is 0 Å². The van der Waals surface area contributed by atoms with Gasteiger partial charge < -0.3 is 4.42 Å². The van der Waals surface area contributed by atoms with Crippen LogP contribution in [0.3, 0.4) is 0 Å². The summed E-state index contributed by atoms with van der Waals surface area (Å²) < 4.78 is 6.59. The Balaban J connectivity index is 1.12. The Morgan fingerprint density at radius 1 is 0.314 bits per heavy atom. The number of nitrogens with zero attached hydrogens (tertiary/aromatic N) is 3. The molecule has 8 aromatic carbocycles. The topological polar surface area (TPSA) is 51.8 Å². The molecule has 0 unspecified atom stereocenters. The fourth-order valence-electron chi connectivity index (χ4n) is 7.12. The van der Waals surface area contributed by atoms with Crippen LogP contribution in [0.5, 0.6) is 0 Å². The van der Waals surface area contributed by atoms with E-state index in [0.29, 0.717) is 17.5 Å². The molecule has 0 aliphatic heterocycles. The monoisotopic (exact) mass is 651 g/mol. The first-order chi connectivity index (χ1) is 25.2. The van der Waals surface area contributed by atoms with Crippen LogP contribution >= 0.6 is 0 Å². The molecule has 0 aliphatic rings. The summed E-state index contributed by atoms with van der Waals surface area (Å²) in [6.07, 6.45) is 0. The zero-order valence-corrected chi connectivity index (χ0v) is 27.5. The van der Waals surface area contributed by atoms with Crippen LogP contribution in [-0.4, -0.2) is 15.0 Å². The van der Waals surface area contributed by atoms with E-state index in [0.717, 1.165) is 60.5 Å². The van der Waals surface area contributed by atoms with Crippen LogP contribution in [0.1, 0.15) is 0 Å². The predicted molar refractivity (Wildman–Crippen MR) is 209 cm³/mol. The van der Waals surface area contributed by atoms with Gasteiger partial charge in [-0.2, -0.15) is 0 Å². The molecular weight excluding hydrogens is 623 g/mol. The van der Waals surface area contributed by atoms with E-state index in [1.54, 1.807) is 0 Å². The molecule has 0 atom stereocenters. The highest BCUT2D eigenvalue weighted by Crippen LogP contribution is 2.41. The Hall–Kier alpha value is -6.91. The fraction of sp³-hybridized carbons (Fsp3) is 0. The third-order valence-corrected chi connectivity index (χ3v) is 9.71. The number of rotatable bonds is 5. The van der Waals surface area contributed by atoms with Gasteiger partial charge in [0.25, 0.3) is 0 Å². The highest BCUT2D eigenvalue weighted by Gasteiger charge is 2.18. The molecule has 51 heavy (non-hydrogen) atoms. The summed E-state index contributed by atoms with van der Waals surface area (Å²) in [5.41, 5.74) is 9.19. The van der Waals surface area contributed by atoms with Crippen molar-refractivity contribution < 1.29 is 4.42 Å². The largest absolute Gasteiger partial charge is 0.455 e. The summed E-state index contributed by atoms with van der Waals surface area (Å²) in [4.78, 5) is 14.8. The molecule has 0 aliphatic carbocycles. The average Bonchev–Trinajstić information content (AvgIpc) is 3.59. The van der Waals surface area contributed by atoms with E-state index < -0.39 is 0 Å². The van der Waals surface area contributed by atoms with E-state index in [1.165, 1.54) is 21.9 Å². The van der Waals surface area contributed by atoms with Gasteiger partial charge in [0, 0.05) is 32.8 Å². The molecular formula is C47H29N3O. The Kier molecular flexibility index (Phi) is 6.78. The lowest BCUT2D eigenvalue weighted by atomic mass is 9.93. The van der Waals surface area contributed by atoms with Gasteiger partial charge in [0.2, 0.25) is 0 Å². The maximum atomic E-state index is 6.59. The van der Waals surface area contributed by atoms with E-state index in [9.17, 15) is 0 Å². The fourth-order valence-corrected chi connectivity index (χ4v) is 7.12. The van der Waals surface area contributed by atoms with Crippen molar-refractivity contribution in [2.45, 2.75) is 0 Å². The molecule has 2 aromatic heterocycles. The first-order valence-corrected chi connectivity index (χ1v) is 17.1.